The molecule has 0 saturated heterocycles. The van der Waals surface area contributed by atoms with E-state index in [0.717, 1.165) is 4.31 Å². The van der Waals surface area contributed by atoms with Crippen LogP contribution in [0.1, 0.15) is 12.6 Å². The standard InChI is InChI=1S/C19H19N3O4S/c1-2-26-18(23)14-22(13-16-9-3-4-11-20-16)27(24,25)17-10-5-7-15-8-6-12-21-19(15)17/h3-12H,2,13-14H2,1H3. The zero-order chi connectivity index (χ0) is 19.3. The minimum atomic E-state index is -4.01. The molecule has 0 bridgehead atoms. The largest absolute Gasteiger partial charge is 0.465 e. The van der Waals surface area contributed by atoms with Crippen LogP contribution in [0, 0.1) is 0 Å². The van der Waals surface area contributed by atoms with Gasteiger partial charge in [-0.3, -0.25) is 14.8 Å². The second kappa shape index (κ2) is 8.24. The fourth-order valence-corrected chi connectivity index (χ4v) is 4.19. The Labute approximate surface area is 157 Å². The number of aromatic nitrogens is 2. The topological polar surface area (TPSA) is 89.5 Å². The van der Waals surface area contributed by atoms with Crippen LogP contribution in [0.4, 0.5) is 0 Å². The highest BCUT2D eigenvalue weighted by atomic mass is 32.2. The average Bonchev–Trinajstić information content (AvgIpc) is 2.68. The minimum absolute atomic E-state index is 0.0424. The van der Waals surface area contributed by atoms with Gasteiger partial charge in [0.15, 0.2) is 0 Å². The first kappa shape index (κ1) is 18.9. The van der Waals surface area contributed by atoms with Crippen LogP contribution in [0.15, 0.2) is 65.8 Å². The number of para-hydroxylation sites is 1. The molecule has 0 atom stereocenters. The van der Waals surface area contributed by atoms with Crippen LogP contribution in [-0.4, -0.2) is 41.8 Å². The van der Waals surface area contributed by atoms with Crippen LogP contribution in [-0.2, 0) is 26.1 Å². The van der Waals surface area contributed by atoms with Crippen molar-refractivity contribution in [3.63, 3.8) is 0 Å². The van der Waals surface area contributed by atoms with E-state index in [0.29, 0.717) is 16.6 Å². The number of nitrogens with zero attached hydrogens (tertiary/aromatic N) is 3. The van der Waals surface area contributed by atoms with E-state index in [-0.39, 0.29) is 18.0 Å². The van der Waals surface area contributed by atoms with Crippen molar-refractivity contribution < 1.29 is 17.9 Å². The number of ether oxygens (including phenoxy) is 1. The normalized spacial score (nSPS) is 11.6. The summed E-state index contributed by atoms with van der Waals surface area (Å²) in [7, 11) is -4.01. The van der Waals surface area contributed by atoms with E-state index < -0.39 is 22.5 Å². The van der Waals surface area contributed by atoms with Gasteiger partial charge in [-0.15, -0.1) is 0 Å². The average molecular weight is 385 g/mol. The second-order valence-electron chi connectivity index (χ2n) is 5.73. The third kappa shape index (κ3) is 4.29. The number of hydrogen-bond acceptors (Lipinski definition) is 6. The molecule has 0 aliphatic rings. The highest BCUT2D eigenvalue weighted by Gasteiger charge is 2.29. The number of hydrogen-bond donors (Lipinski definition) is 0. The van der Waals surface area contributed by atoms with Crippen LogP contribution >= 0.6 is 0 Å². The zero-order valence-corrected chi connectivity index (χ0v) is 15.6. The zero-order valence-electron chi connectivity index (χ0n) is 14.8. The summed E-state index contributed by atoms with van der Waals surface area (Å²) in [4.78, 5) is 20.4. The molecular weight excluding hydrogens is 366 g/mol. The van der Waals surface area contributed by atoms with Crippen molar-refractivity contribution in [3.8, 4) is 0 Å². The van der Waals surface area contributed by atoms with E-state index >= 15 is 0 Å². The van der Waals surface area contributed by atoms with Gasteiger partial charge in [0.05, 0.1) is 24.4 Å². The van der Waals surface area contributed by atoms with Gasteiger partial charge >= 0.3 is 5.97 Å². The molecule has 3 aromatic rings. The summed E-state index contributed by atoms with van der Waals surface area (Å²) in [6.07, 6.45) is 3.11. The molecule has 0 spiro atoms. The number of benzene rings is 1. The molecule has 140 valence electrons. The number of pyridine rings is 2. The molecule has 7 nitrogen and oxygen atoms in total. The van der Waals surface area contributed by atoms with Gasteiger partial charge in [-0.05, 0) is 31.2 Å². The Morgan fingerprint density at radius 3 is 2.56 bits per heavy atom. The van der Waals surface area contributed by atoms with Gasteiger partial charge in [-0.2, -0.15) is 4.31 Å². The highest BCUT2D eigenvalue weighted by Crippen LogP contribution is 2.25. The molecule has 0 aliphatic heterocycles. The smallest absolute Gasteiger partial charge is 0.321 e. The maximum atomic E-state index is 13.3. The Morgan fingerprint density at radius 2 is 1.81 bits per heavy atom. The van der Waals surface area contributed by atoms with Crippen LogP contribution in [0.5, 0.6) is 0 Å². The Balaban J connectivity index is 2.04. The van der Waals surface area contributed by atoms with Gasteiger partial charge in [0.2, 0.25) is 10.0 Å². The Bertz CT molecular complexity index is 1030. The third-order valence-corrected chi connectivity index (χ3v) is 5.71. The molecule has 0 aliphatic carbocycles. The molecular formula is C19H19N3O4S. The SMILES string of the molecule is CCOC(=O)CN(Cc1ccccn1)S(=O)(=O)c1cccc2cccnc12. The molecule has 0 amide bonds. The first-order chi connectivity index (χ1) is 13.0. The van der Waals surface area contributed by atoms with Gasteiger partial charge in [0, 0.05) is 17.8 Å². The predicted octanol–water partition coefficient (Wildman–Crippen LogP) is 2.38. The van der Waals surface area contributed by atoms with E-state index in [1.54, 1.807) is 55.6 Å². The van der Waals surface area contributed by atoms with E-state index in [2.05, 4.69) is 9.97 Å². The summed E-state index contributed by atoms with van der Waals surface area (Å²) in [5.41, 5.74) is 0.883. The maximum Gasteiger partial charge on any atom is 0.321 e. The van der Waals surface area contributed by atoms with Crippen molar-refractivity contribution in [2.75, 3.05) is 13.2 Å². The lowest BCUT2D eigenvalue weighted by molar-refractivity contribution is -0.143. The van der Waals surface area contributed by atoms with Crippen LogP contribution in [0.2, 0.25) is 0 Å². The molecule has 0 unspecified atom stereocenters. The lowest BCUT2D eigenvalue weighted by Crippen LogP contribution is -2.36. The molecule has 0 radical (unpaired) electrons. The molecule has 27 heavy (non-hydrogen) atoms. The van der Waals surface area contributed by atoms with Crippen molar-refractivity contribution in [1.29, 1.82) is 0 Å². The maximum absolute atomic E-state index is 13.3. The van der Waals surface area contributed by atoms with E-state index in [1.807, 2.05) is 0 Å². The number of carbonyl (C=O) groups is 1. The molecule has 0 saturated carbocycles. The molecule has 2 aromatic heterocycles. The quantitative estimate of drug-likeness (QED) is 0.580. The van der Waals surface area contributed by atoms with Crippen LogP contribution in [0.25, 0.3) is 10.9 Å². The van der Waals surface area contributed by atoms with E-state index in [4.69, 9.17) is 4.74 Å². The Kier molecular flexibility index (Phi) is 5.78. The first-order valence-corrected chi connectivity index (χ1v) is 9.86. The van der Waals surface area contributed by atoms with Crippen molar-refractivity contribution in [2.45, 2.75) is 18.4 Å². The fraction of sp³-hybridized carbons (Fsp3) is 0.211. The van der Waals surface area contributed by atoms with E-state index in [1.165, 1.54) is 12.3 Å². The second-order valence-corrected chi connectivity index (χ2v) is 7.64. The number of rotatable bonds is 7. The summed E-state index contributed by atoms with van der Waals surface area (Å²) < 4.78 is 32.7. The molecule has 8 heteroatoms. The monoisotopic (exact) mass is 385 g/mol. The summed E-state index contributed by atoms with van der Waals surface area (Å²) in [5.74, 6) is -0.620. The van der Waals surface area contributed by atoms with Crippen molar-refractivity contribution in [2.24, 2.45) is 0 Å². The molecule has 0 N–H and O–H groups in total. The van der Waals surface area contributed by atoms with Gasteiger partial charge in [0.25, 0.3) is 0 Å². The number of esters is 1. The lowest BCUT2D eigenvalue weighted by Gasteiger charge is -2.21. The first-order valence-electron chi connectivity index (χ1n) is 8.42. The van der Waals surface area contributed by atoms with Crippen LogP contribution < -0.4 is 0 Å². The molecule has 1 aromatic carbocycles. The van der Waals surface area contributed by atoms with Crippen molar-refractivity contribution in [1.82, 2.24) is 14.3 Å². The summed E-state index contributed by atoms with van der Waals surface area (Å²) in [5, 5.41) is 0.701. The third-order valence-electron chi connectivity index (χ3n) is 3.89. The Hall–Kier alpha value is -2.84. The predicted molar refractivity (Wildman–Crippen MR) is 100 cm³/mol. The summed E-state index contributed by atoms with van der Waals surface area (Å²) >= 11 is 0. The van der Waals surface area contributed by atoms with Gasteiger partial charge in [-0.25, -0.2) is 8.42 Å². The number of carbonyl (C=O) groups excluding carboxylic acids is 1. The van der Waals surface area contributed by atoms with Crippen LogP contribution in [0.3, 0.4) is 0 Å². The summed E-state index contributed by atoms with van der Waals surface area (Å²) in [6, 6.07) is 13.7. The molecule has 3 rings (SSSR count). The van der Waals surface area contributed by atoms with Gasteiger partial charge in [-0.1, -0.05) is 24.3 Å². The Morgan fingerprint density at radius 1 is 1.04 bits per heavy atom. The van der Waals surface area contributed by atoms with E-state index in [9.17, 15) is 13.2 Å². The van der Waals surface area contributed by atoms with Gasteiger partial charge < -0.3 is 4.74 Å². The molecule has 2 heterocycles. The minimum Gasteiger partial charge on any atom is -0.465 e. The lowest BCUT2D eigenvalue weighted by atomic mass is 10.2. The summed E-state index contributed by atoms with van der Waals surface area (Å²) in [6.45, 7) is 1.39. The number of sulfonamides is 1. The fourth-order valence-electron chi connectivity index (χ4n) is 2.67. The van der Waals surface area contributed by atoms with Crippen molar-refractivity contribution >= 4 is 26.9 Å². The van der Waals surface area contributed by atoms with Crippen molar-refractivity contribution in [3.05, 3.63) is 66.6 Å². The number of fused-ring (bicyclic) bond motifs is 1. The highest BCUT2D eigenvalue weighted by molar-refractivity contribution is 7.89. The van der Waals surface area contributed by atoms with Gasteiger partial charge in [0.1, 0.15) is 11.4 Å². The molecule has 0 fully saturated rings.